The molecule has 1 fully saturated rings. The van der Waals surface area contributed by atoms with Crippen molar-refractivity contribution in [3.05, 3.63) is 83.2 Å². The number of halogens is 1. The van der Waals surface area contributed by atoms with E-state index >= 15 is 0 Å². The lowest BCUT2D eigenvalue weighted by Crippen LogP contribution is -2.38. The van der Waals surface area contributed by atoms with Crippen LogP contribution in [0.3, 0.4) is 0 Å². The van der Waals surface area contributed by atoms with Crippen LogP contribution in [0.5, 0.6) is 5.75 Å². The van der Waals surface area contributed by atoms with E-state index in [1.54, 1.807) is 25.1 Å². The molecule has 2 atom stereocenters. The second kappa shape index (κ2) is 13.3. The summed E-state index contributed by atoms with van der Waals surface area (Å²) in [6.07, 6.45) is 5.14. The molecular formula is C28H33FO9S. The van der Waals surface area contributed by atoms with E-state index < -0.39 is 34.2 Å². The third-order valence-electron chi connectivity index (χ3n) is 6.47. The molecule has 2 aliphatic rings. The normalized spacial score (nSPS) is 17.7. The number of hydrogen-bond donors (Lipinski definition) is 4. The Morgan fingerprint density at radius 1 is 1.10 bits per heavy atom. The lowest BCUT2D eigenvalue weighted by Gasteiger charge is -2.39. The topological polar surface area (TPSA) is 151 Å². The molecule has 212 valence electrons. The highest BCUT2D eigenvalue weighted by atomic mass is 32.3. The Labute approximate surface area is 227 Å². The predicted octanol–water partition coefficient (Wildman–Crippen LogP) is 4.30. The van der Waals surface area contributed by atoms with Crippen molar-refractivity contribution in [2.75, 3.05) is 6.61 Å². The molecule has 0 aromatic heterocycles. The summed E-state index contributed by atoms with van der Waals surface area (Å²) in [5, 5.41) is 20.8. The highest BCUT2D eigenvalue weighted by Crippen LogP contribution is 2.50. The van der Waals surface area contributed by atoms with Gasteiger partial charge < -0.3 is 19.7 Å². The first kappa shape index (κ1) is 30.5. The van der Waals surface area contributed by atoms with E-state index in [1.165, 1.54) is 12.1 Å². The Morgan fingerprint density at radius 2 is 1.72 bits per heavy atom. The molecule has 9 nitrogen and oxygen atoms in total. The molecule has 4 rings (SSSR count). The maximum Gasteiger partial charge on any atom is 0.394 e. The number of para-hydroxylation sites is 1. The van der Waals surface area contributed by atoms with Crippen LogP contribution in [0.4, 0.5) is 4.39 Å². The number of fused-ring (bicyclic) bond motifs is 1. The zero-order valence-corrected chi connectivity index (χ0v) is 22.3. The second-order valence-corrected chi connectivity index (χ2v) is 10.3. The van der Waals surface area contributed by atoms with Crippen molar-refractivity contribution >= 4 is 21.9 Å². The van der Waals surface area contributed by atoms with Gasteiger partial charge in [-0.15, -0.1) is 0 Å². The molecule has 0 bridgehead atoms. The van der Waals surface area contributed by atoms with Gasteiger partial charge in [-0.2, -0.15) is 8.42 Å². The summed E-state index contributed by atoms with van der Waals surface area (Å²) >= 11 is 0. The largest absolute Gasteiger partial charge is 0.482 e. The zero-order chi connectivity index (χ0) is 28.6. The van der Waals surface area contributed by atoms with Crippen LogP contribution in [0.25, 0.3) is 5.57 Å². The minimum atomic E-state index is -4.67. The van der Waals surface area contributed by atoms with Crippen LogP contribution < -0.4 is 4.74 Å². The molecule has 0 unspecified atom stereocenters. The fourth-order valence-corrected chi connectivity index (χ4v) is 4.94. The molecule has 1 heterocycles. The summed E-state index contributed by atoms with van der Waals surface area (Å²) < 4.78 is 56.7. The molecule has 0 radical (unpaired) electrons. The smallest absolute Gasteiger partial charge is 0.394 e. The van der Waals surface area contributed by atoms with Crippen LogP contribution in [-0.2, 0) is 19.9 Å². The van der Waals surface area contributed by atoms with Crippen molar-refractivity contribution in [2.45, 2.75) is 63.3 Å². The van der Waals surface area contributed by atoms with Crippen molar-refractivity contribution in [2.24, 2.45) is 0 Å². The van der Waals surface area contributed by atoms with E-state index in [0.717, 1.165) is 53.7 Å². The molecule has 11 heteroatoms. The number of aliphatic hydroxyl groups excluding tert-OH is 2. The Morgan fingerprint density at radius 3 is 2.33 bits per heavy atom. The Bertz CT molecular complexity index is 1290. The summed E-state index contributed by atoms with van der Waals surface area (Å²) in [5.74, 6) is 0.00402. The quantitative estimate of drug-likeness (QED) is 0.272. The molecular weight excluding hydrogens is 531 g/mol. The highest BCUT2D eigenvalue weighted by Gasteiger charge is 2.44. The predicted molar refractivity (Wildman–Crippen MR) is 142 cm³/mol. The van der Waals surface area contributed by atoms with Crippen molar-refractivity contribution in [3.8, 4) is 5.75 Å². The van der Waals surface area contributed by atoms with Gasteiger partial charge in [0.15, 0.2) is 0 Å². The summed E-state index contributed by atoms with van der Waals surface area (Å²) in [6.45, 7) is 1.95. The Kier molecular flexibility index (Phi) is 10.4. The van der Waals surface area contributed by atoms with Gasteiger partial charge in [0.05, 0.1) is 25.2 Å². The molecule has 4 N–H and O–H groups in total. The van der Waals surface area contributed by atoms with Gasteiger partial charge in [0.25, 0.3) is 0 Å². The van der Waals surface area contributed by atoms with Crippen LogP contribution >= 0.6 is 0 Å². The third kappa shape index (κ3) is 8.70. The van der Waals surface area contributed by atoms with E-state index in [4.69, 9.17) is 27.0 Å². The van der Waals surface area contributed by atoms with Crippen molar-refractivity contribution in [1.82, 2.24) is 0 Å². The minimum Gasteiger partial charge on any atom is -0.482 e. The summed E-state index contributed by atoms with van der Waals surface area (Å²) in [4.78, 5) is 11.6. The molecule has 1 spiro atoms. The molecule has 39 heavy (non-hydrogen) atoms. The number of carbonyl (C=O) groups is 1. The van der Waals surface area contributed by atoms with Gasteiger partial charge in [0.2, 0.25) is 0 Å². The lowest BCUT2D eigenvalue weighted by molar-refractivity contribution is -0.145. The maximum absolute atomic E-state index is 13.7. The number of aliphatic hydroxyl groups is 2. The van der Waals surface area contributed by atoms with Crippen LogP contribution in [0, 0.1) is 5.82 Å². The van der Waals surface area contributed by atoms with Crippen molar-refractivity contribution in [3.63, 3.8) is 0 Å². The number of benzene rings is 2. The van der Waals surface area contributed by atoms with E-state index in [-0.39, 0.29) is 25.3 Å². The van der Waals surface area contributed by atoms with E-state index in [2.05, 4.69) is 0 Å². The molecule has 0 amide bonds. The van der Waals surface area contributed by atoms with Gasteiger partial charge in [-0.1, -0.05) is 42.5 Å². The number of esters is 1. The first-order valence-electron chi connectivity index (χ1n) is 12.6. The SMILES string of the molecule is CCOC(=O)C[C@H](O)C[C@H](O)/C=C/C1=C(c2ccc(F)cc2)c2ccccc2OC12CCCC2.O=S(=O)(O)O. The zero-order valence-electron chi connectivity index (χ0n) is 21.5. The third-order valence-corrected chi connectivity index (χ3v) is 6.47. The molecule has 1 aliphatic heterocycles. The van der Waals surface area contributed by atoms with Gasteiger partial charge in [0.1, 0.15) is 17.2 Å². The first-order valence-corrected chi connectivity index (χ1v) is 14.0. The fourth-order valence-electron chi connectivity index (χ4n) is 4.94. The second-order valence-electron chi connectivity index (χ2n) is 9.37. The monoisotopic (exact) mass is 564 g/mol. The molecule has 1 aliphatic carbocycles. The van der Waals surface area contributed by atoms with Gasteiger partial charge >= 0.3 is 16.4 Å². The Hall–Kier alpha value is -3.09. The molecule has 1 saturated carbocycles. The van der Waals surface area contributed by atoms with E-state index in [0.29, 0.717) is 0 Å². The van der Waals surface area contributed by atoms with Gasteiger partial charge in [0, 0.05) is 17.6 Å². The van der Waals surface area contributed by atoms with Crippen molar-refractivity contribution in [1.29, 1.82) is 0 Å². The van der Waals surface area contributed by atoms with Gasteiger partial charge in [-0.3, -0.25) is 13.9 Å². The van der Waals surface area contributed by atoms with Crippen LogP contribution in [0.1, 0.15) is 56.6 Å². The number of rotatable bonds is 8. The maximum atomic E-state index is 13.7. The molecule has 0 saturated heterocycles. The summed E-state index contributed by atoms with van der Waals surface area (Å²) in [5.41, 5.74) is 3.16. The van der Waals surface area contributed by atoms with Gasteiger partial charge in [-0.25, -0.2) is 4.39 Å². The molecule has 2 aromatic rings. The minimum absolute atomic E-state index is 0.0128. The standard InChI is InChI=1S/C28H31FO5.H2O4S/c1-2-33-26(32)18-22(31)17-21(30)13-14-24-27(19-9-11-20(29)12-10-19)23-7-3-4-8-25(23)34-28(24)15-5-6-16-28;1-5(2,3)4/h3-4,7-14,21-22,30-31H,2,5-6,15-18H2,1H3;(H2,1,2,3,4)/b14-13+;/t21-,22-;/m1./s1. The molecule has 2 aromatic carbocycles. The number of hydrogen-bond acceptors (Lipinski definition) is 7. The average molecular weight is 565 g/mol. The van der Waals surface area contributed by atoms with E-state index in [1.807, 2.05) is 30.3 Å². The average Bonchev–Trinajstić information content (AvgIpc) is 3.30. The van der Waals surface area contributed by atoms with Crippen molar-refractivity contribution < 1.29 is 46.4 Å². The van der Waals surface area contributed by atoms with Gasteiger partial charge in [-0.05, 0) is 61.9 Å². The lowest BCUT2D eigenvalue weighted by atomic mass is 9.79. The first-order chi connectivity index (χ1) is 18.4. The van der Waals surface area contributed by atoms with Crippen LogP contribution in [-0.4, -0.2) is 58.1 Å². The van der Waals surface area contributed by atoms with E-state index in [9.17, 15) is 19.4 Å². The van der Waals surface area contributed by atoms with Crippen LogP contribution in [0.15, 0.2) is 66.3 Å². The fraction of sp³-hybridized carbons (Fsp3) is 0.393. The summed E-state index contributed by atoms with van der Waals surface area (Å²) in [6, 6.07) is 14.3. The Balaban J connectivity index is 0.000000771. The summed E-state index contributed by atoms with van der Waals surface area (Å²) in [7, 11) is -4.67. The van der Waals surface area contributed by atoms with Crippen LogP contribution in [0.2, 0.25) is 0 Å². The number of ether oxygens (including phenoxy) is 2. The number of carbonyl (C=O) groups excluding carboxylic acids is 1. The highest BCUT2D eigenvalue weighted by molar-refractivity contribution is 7.79.